The fourth-order valence-electron chi connectivity index (χ4n) is 1.04. The molecular weight excluding hydrogens is 349 g/mol. The molecular formula is C8H5ClIN3OS. The van der Waals surface area contributed by atoms with Gasteiger partial charge in [-0.05, 0) is 22.6 Å². The third-order valence-electron chi connectivity index (χ3n) is 1.75. The van der Waals surface area contributed by atoms with Crippen LogP contribution in [0.25, 0.3) is 0 Å². The topological polar surface area (TPSA) is 47.8 Å². The van der Waals surface area contributed by atoms with Crippen molar-refractivity contribution in [3.05, 3.63) is 42.0 Å². The van der Waals surface area contributed by atoms with E-state index in [0.717, 1.165) is 4.88 Å². The first-order valence-corrected chi connectivity index (χ1v) is 6.30. The predicted molar refractivity (Wildman–Crippen MR) is 67.4 cm³/mol. The number of halogens is 2. The normalized spacial score (nSPS) is 10.5. The summed E-state index contributed by atoms with van der Waals surface area (Å²) in [6, 6.07) is 0. The Kier molecular flexibility index (Phi) is 3.37. The van der Waals surface area contributed by atoms with Crippen LogP contribution in [-0.4, -0.2) is 14.5 Å². The maximum absolute atomic E-state index is 11.7. The zero-order valence-electron chi connectivity index (χ0n) is 7.35. The van der Waals surface area contributed by atoms with Gasteiger partial charge in [-0.1, -0.05) is 11.6 Å². The molecule has 2 heterocycles. The Morgan fingerprint density at radius 3 is 3.07 bits per heavy atom. The molecule has 2 aromatic rings. The van der Waals surface area contributed by atoms with Gasteiger partial charge in [0.05, 0.1) is 18.4 Å². The Balaban J connectivity index is 2.38. The number of rotatable bonds is 2. The van der Waals surface area contributed by atoms with Gasteiger partial charge >= 0.3 is 0 Å². The van der Waals surface area contributed by atoms with E-state index in [1.54, 1.807) is 11.7 Å². The Labute approximate surface area is 108 Å². The van der Waals surface area contributed by atoms with Gasteiger partial charge in [0.1, 0.15) is 8.72 Å². The number of hydrogen-bond acceptors (Lipinski definition) is 4. The van der Waals surface area contributed by atoms with Gasteiger partial charge in [-0.25, -0.2) is 4.98 Å². The summed E-state index contributed by atoms with van der Waals surface area (Å²) in [6.45, 7) is 0.490. The molecule has 7 heteroatoms. The third-order valence-corrected chi connectivity index (χ3v) is 4.09. The van der Waals surface area contributed by atoms with E-state index in [4.69, 9.17) is 11.6 Å². The van der Waals surface area contributed by atoms with Crippen LogP contribution in [-0.2, 0) is 6.54 Å². The van der Waals surface area contributed by atoms with Gasteiger partial charge in [0.15, 0.2) is 0 Å². The number of nitrogens with zero attached hydrogens (tertiary/aromatic N) is 3. The van der Waals surface area contributed by atoms with Crippen LogP contribution < -0.4 is 5.56 Å². The molecule has 0 saturated carbocycles. The minimum Gasteiger partial charge on any atom is -0.293 e. The maximum atomic E-state index is 11.7. The molecule has 0 N–H and O–H groups in total. The molecule has 0 radical (unpaired) electrons. The molecule has 4 nitrogen and oxygen atoms in total. The van der Waals surface area contributed by atoms with Gasteiger partial charge in [0.25, 0.3) is 5.56 Å². The third kappa shape index (κ3) is 2.37. The van der Waals surface area contributed by atoms with Crippen molar-refractivity contribution in [2.45, 2.75) is 6.54 Å². The second-order valence-corrected chi connectivity index (χ2v) is 5.16. The maximum Gasteiger partial charge on any atom is 0.268 e. The summed E-state index contributed by atoms with van der Waals surface area (Å²) in [5.74, 6) is 0. The molecule has 0 fully saturated rings. The molecule has 0 amide bonds. The first kappa shape index (κ1) is 11.0. The molecule has 0 bridgehead atoms. The average molecular weight is 354 g/mol. The zero-order valence-corrected chi connectivity index (χ0v) is 11.1. The number of hydrogen-bond donors (Lipinski definition) is 0. The van der Waals surface area contributed by atoms with Crippen molar-refractivity contribution in [2.24, 2.45) is 0 Å². The van der Waals surface area contributed by atoms with Crippen LogP contribution in [0.15, 0.2) is 22.8 Å². The summed E-state index contributed by atoms with van der Waals surface area (Å²) < 4.78 is 1.96. The number of aromatic nitrogens is 3. The standard InChI is InChI=1S/C8H5ClIN3OS/c9-7-6(10)8(14)13(3-12-7)2-5-1-11-4-15-5/h1,3-4H,2H2. The molecule has 0 aliphatic heterocycles. The summed E-state index contributed by atoms with van der Waals surface area (Å²) in [4.78, 5) is 20.6. The van der Waals surface area contributed by atoms with E-state index in [1.165, 1.54) is 22.2 Å². The van der Waals surface area contributed by atoms with E-state index in [1.807, 2.05) is 22.6 Å². The van der Waals surface area contributed by atoms with Crippen molar-refractivity contribution in [1.82, 2.24) is 14.5 Å². The van der Waals surface area contributed by atoms with Crippen LogP contribution in [0.4, 0.5) is 0 Å². The molecule has 15 heavy (non-hydrogen) atoms. The summed E-state index contributed by atoms with van der Waals surface area (Å²) in [5.41, 5.74) is 1.61. The van der Waals surface area contributed by atoms with Gasteiger partial charge in [0, 0.05) is 11.1 Å². The summed E-state index contributed by atoms with van der Waals surface area (Å²) >= 11 is 9.12. The lowest BCUT2D eigenvalue weighted by Crippen LogP contribution is -2.23. The van der Waals surface area contributed by atoms with Crippen LogP contribution in [0, 0.1) is 3.57 Å². The second kappa shape index (κ2) is 4.58. The molecule has 0 aliphatic carbocycles. The van der Waals surface area contributed by atoms with Gasteiger partial charge in [-0.15, -0.1) is 11.3 Å². The van der Waals surface area contributed by atoms with Gasteiger partial charge in [-0.2, -0.15) is 0 Å². The van der Waals surface area contributed by atoms with Gasteiger partial charge in [-0.3, -0.25) is 14.3 Å². The zero-order chi connectivity index (χ0) is 10.8. The van der Waals surface area contributed by atoms with Crippen molar-refractivity contribution >= 4 is 45.5 Å². The largest absolute Gasteiger partial charge is 0.293 e. The number of thiazole rings is 1. The molecule has 2 rings (SSSR count). The molecule has 0 saturated heterocycles. The van der Waals surface area contributed by atoms with E-state index in [2.05, 4.69) is 9.97 Å². The lowest BCUT2D eigenvalue weighted by Gasteiger charge is -2.03. The minimum absolute atomic E-state index is 0.121. The summed E-state index contributed by atoms with van der Waals surface area (Å²) in [7, 11) is 0. The lowest BCUT2D eigenvalue weighted by molar-refractivity contribution is 0.738. The molecule has 0 aliphatic rings. The van der Waals surface area contributed by atoms with Crippen LogP contribution in [0.3, 0.4) is 0 Å². The monoisotopic (exact) mass is 353 g/mol. The fraction of sp³-hybridized carbons (Fsp3) is 0.125. The first-order valence-electron chi connectivity index (χ1n) is 3.96. The van der Waals surface area contributed by atoms with Crippen LogP contribution >= 0.6 is 45.5 Å². The quantitative estimate of drug-likeness (QED) is 0.613. The molecule has 0 atom stereocenters. The summed E-state index contributed by atoms with van der Waals surface area (Å²) in [6.07, 6.45) is 3.19. The molecule has 78 valence electrons. The fourth-order valence-corrected chi connectivity index (χ4v) is 2.21. The Hall–Kier alpha value is -0.470. The van der Waals surface area contributed by atoms with Crippen LogP contribution in [0.2, 0.25) is 5.15 Å². The van der Waals surface area contributed by atoms with E-state index in [-0.39, 0.29) is 10.7 Å². The Morgan fingerprint density at radius 2 is 2.40 bits per heavy atom. The summed E-state index contributed by atoms with van der Waals surface area (Å²) in [5, 5.41) is 0.251. The van der Waals surface area contributed by atoms with Crippen molar-refractivity contribution in [3.8, 4) is 0 Å². The van der Waals surface area contributed by atoms with Crippen molar-refractivity contribution in [1.29, 1.82) is 0 Å². The van der Waals surface area contributed by atoms with E-state index in [9.17, 15) is 4.79 Å². The SMILES string of the molecule is O=c1c(I)c(Cl)ncn1Cc1cncs1. The van der Waals surface area contributed by atoms with Crippen molar-refractivity contribution < 1.29 is 0 Å². The average Bonchev–Trinajstić information content (AvgIpc) is 2.72. The van der Waals surface area contributed by atoms with E-state index >= 15 is 0 Å². The molecule has 2 aromatic heterocycles. The highest BCUT2D eigenvalue weighted by molar-refractivity contribution is 14.1. The smallest absolute Gasteiger partial charge is 0.268 e. The Morgan fingerprint density at radius 1 is 1.60 bits per heavy atom. The highest BCUT2D eigenvalue weighted by Crippen LogP contribution is 2.11. The molecule has 0 aromatic carbocycles. The van der Waals surface area contributed by atoms with E-state index < -0.39 is 0 Å². The molecule has 0 unspecified atom stereocenters. The minimum atomic E-state index is -0.121. The highest BCUT2D eigenvalue weighted by atomic mass is 127. The second-order valence-electron chi connectivity index (χ2n) is 2.75. The van der Waals surface area contributed by atoms with Gasteiger partial charge < -0.3 is 0 Å². The first-order chi connectivity index (χ1) is 7.18. The van der Waals surface area contributed by atoms with Crippen molar-refractivity contribution in [3.63, 3.8) is 0 Å². The van der Waals surface area contributed by atoms with Gasteiger partial charge in [0.2, 0.25) is 0 Å². The Bertz CT molecular complexity index is 525. The van der Waals surface area contributed by atoms with E-state index in [0.29, 0.717) is 10.1 Å². The van der Waals surface area contributed by atoms with Crippen LogP contribution in [0.1, 0.15) is 4.88 Å². The molecule has 0 spiro atoms. The van der Waals surface area contributed by atoms with Crippen molar-refractivity contribution in [2.75, 3.05) is 0 Å². The lowest BCUT2D eigenvalue weighted by atomic mass is 10.5. The predicted octanol–water partition coefficient (Wildman–Crippen LogP) is 2.01. The highest BCUT2D eigenvalue weighted by Gasteiger charge is 2.07. The van der Waals surface area contributed by atoms with Crippen LogP contribution in [0.5, 0.6) is 0 Å².